The monoisotopic (exact) mass is 144 g/mol. The molecule has 1 heterocycles. The molecule has 1 aromatic heterocycles. The number of fused-ring (bicyclic) bond motifs is 1. The predicted octanol–water partition coefficient (Wildman–Crippen LogP) is 2.29. The summed E-state index contributed by atoms with van der Waals surface area (Å²) in [7, 11) is 2.06. The zero-order valence-electron chi connectivity index (χ0n) is 6.76. The molecule has 1 nitrogen and oxygen atoms in total. The van der Waals surface area contributed by atoms with E-state index in [0.29, 0.717) is 0 Å². The first-order valence-corrected chi connectivity index (χ1v) is 3.72. The molecule has 0 spiro atoms. The average Bonchev–Trinajstić information content (AvgIpc) is 2.30. The fraction of sp³-hybridized carbons (Fsp3) is 0.200. The Morgan fingerprint density at radius 1 is 1.27 bits per heavy atom. The van der Waals surface area contributed by atoms with Crippen molar-refractivity contribution in [2.45, 2.75) is 6.92 Å². The van der Waals surface area contributed by atoms with Gasteiger partial charge in [0.25, 0.3) is 0 Å². The second kappa shape index (κ2) is 2.12. The van der Waals surface area contributed by atoms with Crippen LogP contribution in [0.5, 0.6) is 0 Å². The standard InChI is InChI=1S/C10H10N/c1-8-7-9-5-3-4-6-10(9)11(8)2/h3-6H,1-2H3. The Kier molecular flexibility index (Phi) is 1.25. The van der Waals surface area contributed by atoms with Crippen molar-refractivity contribution in [1.29, 1.82) is 0 Å². The fourth-order valence-corrected chi connectivity index (χ4v) is 1.33. The first-order valence-electron chi connectivity index (χ1n) is 3.72. The molecule has 0 saturated carbocycles. The molecule has 0 N–H and O–H groups in total. The lowest BCUT2D eigenvalue weighted by Crippen LogP contribution is -1.88. The van der Waals surface area contributed by atoms with Crippen LogP contribution >= 0.6 is 0 Å². The molecule has 0 atom stereocenters. The molecule has 0 unspecified atom stereocenters. The number of hydrogen-bond acceptors (Lipinski definition) is 0. The highest BCUT2D eigenvalue weighted by Gasteiger charge is 1.99. The molecule has 0 aliphatic rings. The first kappa shape index (κ1) is 6.47. The zero-order valence-corrected chi connectivity index (χ0v) is 6.76. The lowest BCUT2D eigenvalue weighted by molar-refractivity contribution is 0.917. The highest BCUT2D eigenvalue weighted by molar-refractivity contribution is 5.80. The summed E-state index contributed by atoms with van der Waals surface area (Å²) in [5.74, 6) is 0. The lowest BCUT2D eigenvalue weighted by Gasteiger charge is -1.96. The third-order valence-electron chi connectivity index (χ3n) is 2.08. The average molecular weight is 144 g/mol. The van der Waals surface area contributed by atoms with E-state index in [-0.39, 0.29) is 0 Å². The largest absolute Gasteiger partial charge is 0.347 e. The molecule has 0 amide bonds. The van der Waals surface area contributed by atoms with Crippen molar-refractivity contribution in [2.75, 3.05) is 0 Å². The predicted molar refractivity (Wildman–Crippen MR) is 46.5 cm³/mol. The summed E-state index contributed by atoms with van der Waals surface area (Å²) in [5, 5.41) is 1.20. The molecule has 0 bridgehead atoms. The zero-order chi connectivity index (χ0) is 7.84. The van der Waals surface area contributed by atoms with Crippen LogP contribution in [0.15, 0.2) is 24.3 Å². The lowest BCUT2D eigenvalue weighted by atomic mass is 10.2. The van der Waals surface area contributed by atoms with Gasteiger partial charge in [0.2, 0.25) is 0 Å². The molecule has 2 rings (SSSR count). The Balaban J connectivity index is 2.92. The summed E-state index contributed by atoms with van der Waals surface area (Å²) in [4.78, 5) is 0. The summed E-state index contributed by atoms with van der Waals surface area (Å²) in [6, 6.07) is 11.6. The minimum atomic E-state index is 1.19. The van der Waals surface area contributed by atoms with Crippen LogP contribution in [0.1, 0.15) is 5.69 Å². The van der Waals surface area contributed by atoms with Crippen LogP contribution in [-0.4, -0.2) is 4.57 Å². The van der Waals surface area contributed by atoms with Crippen LogP contribution in [0.4, 0.5) is 0 Å². The van der Waals surface area contributed by atoms with E-state index in [9.17, 15) is 0 Å². The van der Waals surface area contributed by atoms with Gasteiger partial charge < -0.3 is 4.57 Å². The smallest absolute Gasteiger partial charge is 0.0486 e. The van der Waals surface area contributed by atoms with E-state index in [0.717, 1.165) is 0 Å². The molecule has 0 saturated heterocycles. The molecule has 55 valence electrons. The van der Waals surface area contributed by atoms with Gasteiger partial charge in [-0.05, 0) is 13.0 Å². The van der Waals surface area contributed by atoms with Crippen LogP contribution in [0.3, 0.4) is 0 Å². The molecule has 1 aromatic carbocycles. The third-order valence-corrected chi connectivity index (χ3v) is 2.08. The van der Waals surface area contributed by atoms with E-state index in [4.69, 9.17) is 0 Å². The Morgan fingerprint density at radius 3 is 2.73 bits per heavy atom. The maximum absolute atomic E-state index is 3.29. The second-order valence-corrected chi connectivity index (χ2v) is 2.79. The van der Waals surface area contributed by atoms with Crippen LogP contribution in [-0.2, 0) is 7.05 Å². The normalized spacial score (nSPS) is 10.7. The summed E-state index contributed by atoms with van der Waals surface area (Å²) in [6.07, 6.45) is 0. The van der Waals surface area contributed by atoms with Gasteiger partial charge in [-0.3, -0.25) is 0 Å². The molecule has 1 heteroatoms. The molecular weight excluding hydrogens is 134 g/mol. The number of nitrogens with zero attached hydrogens (tertiary/aromatic N) is 1. The molecule has 0 aliphatic carbocycles. The van der Waals surface area contributed by atoms with Crippen LogP contribution in [0.2, 0.25) is 0 Å². The second-order valence-electron chi connectivity index (χ2n) is 2.79. The van der Waals surface area contributed by atoms with Gasteiger partial charge in [0, 0.05) is 29.7 Å². The highest BCUT2D eigenvalue weighted by atomic mass is 14.9. The molecule has 0 aliphatic heterocycles. The number of benzene rings is 1. The fourth-order valence-electron chi connectivity index (χ4n) is 1.33. The van der Waals surface area contributed by atoms with Crippen molar-refractivity contribution < 1.29 is 0 Å². The van der Waals surface area contributed by atoms with E-state index in [1.165, 1.54) is 16.6 Å². The van der Waals surface area contributed by atoms with Crippen molar-refractivity contribution in [2.24, 2.45) is 7.05 Å². The minimum Gasteiger partial charge on any atom is -0.347 e. The van der Waals surface area contributed by atoms with Gasteiger partial charge >= 0.3 is 0 Å². The van der Waals surface area contributed by atoms with Gasteiger partial charge in [0.15, 0.2) is 0 Å². The topological polar surface area (TPSA) is 4.93 Å². The number of aryl methyl sites for hydroxylation is 2. The molecule has 0 fully saturated rings. The van der Waals surface area contributed by atoms with E-state index in [1.807, 2.05) is 6.07 Å². The Morgan fingerprint density at radius 2 is 2.00 bits per heavy atom. The summed E-state index contributed by atoms with van der Waals surface area (Å²) in [6.45, 7) is 2.07. The first-order chi connectivity index (χ1) is 5.29. The Bertz CT molecular complexity index is 385. The number of aromatic nitrogens is 1. The van der Waals surface area contributed by atoms with Crippen LogP contribution in [0, 0.1) is 13.0 Å². The third kappa shape index (κ3) is 0.845. The van der Waals surface area contributed by atoms with E-state index < -0.39 is 0 Å². The van der Waals surface area contributed by atoms with Crippen molar-refractivity contribution in [3.05, 3.63) is 36.0 Å². The van der Waals surface area contributed by atoms with Crippen molar-refractivity contribution in [3.8, 4) is 0 Å². The van der Waals surface area contributed by atoms with Crippen LogP contribution < -0.4 is 0 Å². The number of rotatable bonds is 0. The maximum atomic E-state index is 3.29. The quantitative estimate of drug-likeness (QED) is 0.534. The molecular formula is C10H10N. The molecule has 2 aromatic rings. The van der Waals surface area contributed by atoms with Gasteiger partial charge in [-0.15, -0.1) is 0 Å². The highest BCUT2D eigenvalue weighted by Crippen LogP contribution is 2.15. The summed E-state index contributed by atoms with van der Waals surface area (Å²) in [5.41, 5.74) is 2.44. The molecule has 1 radical (unpaired) electrons. The van der Waals surface area contributed by atoms with Crippen molar-refractivity contribution in [1.82, 2.24) is 4.57 Å². The van der Waals surface area contributed by atoms with Crippen molar-refractivity contribution in [3.63, 3.8) is 0 Å². The van der Waals surface area contributed by atoms with Gasteiger partial charge in [0.1, 0.15) is 0 Å². The Labute approximate surface area is 66.3 Å². The van der Waals surface area contributed by atoms with Gasteiger partial charge in [-0.25, -0.2) is 0 Å². The Hall–Kier alpha value is -1.24. The van der Waals surface area contributed by atoms with E-state index >= 15 is 0 Å². The van der Waals surface area contributed by atoms with Crippen molar-refractivity contribution >= 4 is 10.9 Å². The van der Waals surface area contributed by atoms with Gasteiger partial charge in [0.05, 0.1) is 0 Å². The van der Waals surface area contributed by atoms with Gasteiger partial charge in [-0.2, -0.15) is 0 Å². The van der Waals surface area contributed by atoms with Gasteiger partial charge in [-0.1, -0.05) is 18.2 Å². The van der Waals surface area contributed by atoms with Crippen LogP contribution in [0.25, 0.3) is 10.9 Å². The minimum absolute atomic E-state index is 1.19. The number of hydrogen-bond donors (Lipinski definition) is 0. The SMILES string of the molecule is Cc1[c]c2ccccc2n1C. The number of para-hydroxylation sites is 1. The van der Waals surface area contributed by atoms with E-state index in [1.54, 1.807) is 0 Å². The molecule has 11 heavy (non-hydrogen) atoms. The summed E-state index contributed by atoms with van der Waals surface area (Å²) >= 11 is 0. The summed E-state index contributed by atoms with van der Waals surface area (Å²) < 4.78 is 2.15. The van der Waals surface area contributed by atoms with E-state index in [2.05, 4.69) is 42.8 Å². The maximum Gasteiger partial charge on any atom is 0.0486 e.